The third-order valence-electron chi connectivity index (χ3n) is 3.17. The molecule has 3 N–H and O–H groups in total. The normalized spacial score (nSPS) is 16.1. The lowest BCUT2D eigenvalue weighted by atomic mass is 9.97. The first kappa shape index (κ1) is 13.8. The molecule has 0 unspecified atom stereocenters. The first-order valence-electron chi connectivity index (χ1n) is 6.12. The van der Waals surface area contributed by atoms with Crippen molar-refractivity contribution in [2.24, 2.45) is 5.92 Å². The maximum atomic E-state index is 12.0. The number of aromatic carboxylic acids is 1. The number of carboxylic acid groups (broad SMARTS) is 1. The van der Waals surface area contributed by atoms with Crippen molar-refractivity contribution in [3.8, 4) is 0 Å². The molecule has 5 nitrogen and oxygen atoms in total. The first-order valence-corrected chi connectivity index (χ1v) is 6.50. The van der Waals surface area contributed by atoms with Crippen LogP contribution in [0.25, 0.3) is 0 Å². The molecule has 1 amide bonds. The van der Waals surface area contributed by atoms with Crippen LogP contribution in [-0.4, -0.2) is 30.1 Å². The van der Waals surface area contributed by atoms with Gasteiger partial charge in [0.05, 0.1) is 10.6 Å². The minimum absolute atomic E-state index is 0.00947. The minimum atomic E-state index is -1.11. The van der Waals surface area contributed by atoms with Gasteiger partial charge in [0.1, 0.15) is 0 Å². The van der Waals surface area contributed by atoms with Crippen LogP contribution in [0.5, 0.6) is 0 Å². The molecule has 1 heterocycles. The highest BCUT2D eigenvalue weighted by Crippen LogP contribution is 2.22. The molecule has 1 fully saturated rings. The molecular weight excluding hydrogens is 268 g/mol. The molecular formula is C13H15ClN2O3. The fraction of sp³-hybridized carbons (Fsp3) is 0.385. The van der Waals surface area contributed by atoms with Gasteiger partial charge in [-0.25, -0.2) is 4.79 Å². The van der Waals surface area contributed by atoms with Crippen molar-refractivity contribution in [2.45, 2.75) is 12.8 Å². The zero-order valence-electron chi connectivity index (χ0n) is 10.3. The van der Waals surface area contributed by atoms with Gasteiger partial charge in [-0.15, -0.1) is 0 Å². The van der Waals surface area contributed by atoms with Crippen molar-refractivity contribution in [2.75, 3.05) is 18.4 Å². The number of piperidine rings is 1. The smallest absolute Gasteiger partial charge is 0.337 e. The predicted molar refractivity (Wildman–Crippen MR) is 72.6 cm³/mol. The summed E-state index contributed by atoms with van der Waals surface area (Å²) in [6.07, 6.45) is 1.59. The van der Waals surface area contributed by atoms with Gasteiger partial charge in [-0.05, 0) is 44.1 Å². The van der Waals surface area contributed by atoms with Gasteiger partial charge in [0, 0.05) is 11.6 Å². The van der Waals surface area contributed by atoms with E-state index in [2.05, 4.69) is 10.6 Å². The number of hydrogen-bond donors (Lipinski definition) is 3. The van der Waals surface area contributed by atoms with Crippen LogP contribution < -0.4 is 10.6 Å². The quantitative estimate of drug-likeness (QED) is 0.792. The van der Waals surface area contributed by atoms with Crippen molar-refractivity contribution in [1.82, 2.24) is 5.32 Å². The molecule has 1 aromatic carbocycles. The maximum absolute atomic E-state index is 12.0. The molecule has 6 heteroatoms. The van der Waals surface area contributed by atoms with E-state index in [1.807, 2.05) is 0 Å². The number of rotatable bonds is 3. The fourth-order valence-corrected chi connectivity index (χ4v) is 2.29. The van der Waals surface area contributed by atoms with Crippen LogP contribution in [0.3, 0.4) is 0 Å². The lowest BCUT2D eigenvalue weighted by Crippen LogP contribution is -2.34. The summed E-state index contributed by atoms with van der Waals surface area (Å²) >= 11 is 5.77. The Labute approximate surface area is 116 Å². The van der Waals surface area contributed by atoms with E-state index in [-0.39, 0.29) is 22.4 Å². The van der Waals surface area contributed by atoms with Crippen LogP contribution in [0.2, 0.25) is 5.02 Å². The third-order valence-corrected chi connectivity index (χ3v) is 3.50. The Hall–Kier alpha value is -1.59. The molecule has 0 saturated carbocycles. The van der Waals surface area contributed by atoms with E-state index >= 15 is 0 Å². The summed E-state index contributed by atoms with van der Waals surface area (Å²) < 4.78 is 0. The summed E-state index contributed by atoms with van der Waals surface area (Å²) in [7, 11) is 0. The molecule has 1 aliphatic heterocycles. The Morgan fingerprint density at radius 2 is 2.00 bits per heavy atom. The summed E-state index contributed by atoms with van der Waals surface area (Å²) in [4.78, 5) is 23.0. The zero-order valence-corrected chi connectivity index (χ0v) is 11.0. The lowest BCUT2D eigenvalue weighted by molar-refractivity contribution is -0.120. The summed E-state index contributed by atoms with van der Waals surface area (Å²) in [5.41, 5.74) is 0.454. The standard InChI is InChI=1S/C13H15ClN2O3/c14-11-2-1-9(7-10(11)13(18)19)16-12(17)8-3-5-15-6-4-8/h1-2,7-8,15H,3-6H2,(H,16,17)(H,18,19). The van der Waals surface area contributed by atoms with Gasteiger partial charge >= 0.3 is 5.97 Å². The molecule has 0 bridgehead atoms. The summed E-state index contributed by atoms with van der Waals surface area (Å²) in [6, 6.07) is 4.46. The van der Waals surface area contributed by atoms with E-state index < -0.39 is 5.97 Å². The molecule has 1 aliphatic rings. The maximum Gasteiger partial charge on any atom is 0.337 e. The number of carboxylic acids is 1. The average molecular weight is 283 g/mol. The molecule has 0 atom stereocenters. The van der Waals surface area contributed by atoms with E-state index in [0.717, 1.165) is 25.9 Å². The molecule has 2 rings (SSSR count). The van der Waals surface area contributed by atoms with E-state index in [1.54, 1.807) is 6.07 Å². The predicted octanol–water partition coefficient (Wildman–Crippen LogP) is 1.98. The number of benzene rings is 1. The van der Waals surface area contributed by atoms with Crippen LogP contribution >= 0.6 is 11.6 Å². The van der Waals surface area contributed by atoms with E-state index in [1.165, 1.54) is 12.1 Å². The number of halogens is 1. The number of nitrogens with one attached hydrogen (secondary N) is 2. The van der Waals surface area contributed by atoms with E-state index in [0.29, 0.717) is 5.69 Å². The number of carbonyl (C=O) groups excluding carboxylic acids is 1. The minimum Gasteiger partial charge on any atom is -0.478 e. The fourth-order valence-electron chi connectivity index (χ4n) is 2.10. The molecule has 0 aromatic heterocycles. The van der Waals surface area contributed by atoms with Crippen LogP contribution in [0.1, 0.15) is 23.2 Å². The Morgan fingerprint density at radius 1 is 1.32 bits per heavy atom. The highest BCUT2D eigenvalue weighted by atomic mass is 35.5. The van der Waals surface area contributed by atoms with Gasteiger partial charge in [-0.1, -0.05) is 11.6 Å². The highest BCUT2D eigenvalue weighted by Gasteiger charge is 2.21. The molecule has 19 heavy (non-hydrogen) atoms. The Balaban J connectivity index is 2.08. The molecule has 1 aromatic rings. The number of amides is 1. The Kier molecular flexibility index (Phi) is 4.39. The number of carbonyl (C=O) groups is 2. The van der Waals surface area contributed by atoms with Gasteiger partial charge in [-0.2, -0.15) is 0 Å². The SMILES string of the molecule is O=C(O)c1cc(NC(=O)C2CCNCC2)ccc1Cl. The molecule has 0 radical (unpaired) electrons. The molecule has 0 spiro atoms. The largest absolute Gasteiger partial charge is 0.478 e. The van der Waals surface area contributed by atoms with Crippen LogP contribution in [0.15, 0.2) is 18.2 Å². The number of anilines is 1. The third kappa shape index (κ3) is 3.45. The van der Waals surface area contributed by atoms with Gasteiger partial charge in [0.2, 0.25) is 5.91 Å². The van der Waals surface area contributed by atoms with E-state index in [4.69, 9.17) is 16.7 Å². The number of hydrogen-bond acceptors (Lipinski definition) is 3. The van der Waals surface area contributed by atoms with E-state index in [9.17, 15) is 9.59 Å². The second-order valence-corrected chi connectivity index (χ2v) is 4.92. The molecule has 1 saturated heterocycles. The van der Waals surface area contributed by atoms with Gasteiger partial charge in [0.15, 0.2) is 0 Å². The van der Waals surface area contributed by atoms with Crippen LogP contribution in [0.4, 0.5) is 5.69 Å². The van der Waals surface area contributed by atoms with Gasteiger partial charge in [-0.3, -0.25) is 4.79 Å². The van der Waals surface area contributed by atoms with Gasteiger partial charge in [0.25, 0.3) is 0 Å². The van der Waals surface area contributed by atoms with Crippen LogP contribution in [-0.2, 0) is 4.79 Å². The Bertz CT molecular complexity index is 499. The second kappa shape index (κ2) is 6.04. The van der Waals surface area contributed by atoms with Crippen molar-refractivity contribution >= 4 is 29.2 Å². The lowest BCUT2D eigenvalue weighted by Gasteiger charge is -2.21. The second-order valence-electron chi connectivity index (χ2n) is 4.51. The topological polar surface area (TPSA) is 78.4 Å². The summed E-state index contributed by atoms with van der Waals surface area (Å²) in [5.74, 6) is -1.20. The average Bonchev–Trinajstić information content (AvgIpc) is 2.41. The summed E-state index contributed by atoms with van der Waals surface area (Å²) in [5, 5.41) is 15.1. The van der Waals surface area contributed by atoms with Gasteiger partial charge < -0.3 is 15.7 Å². The van der Waals surface area contributed by atoms with Crippen molar-refractivity contribution in [3.63, 3.8) is 0 Å². The Morgan fingerprint density at radius 3 is 2.63 bits per heavy atom. The monoisotopic (exact) mass is 282 g/mol. The highest BCUT2D eigenvalue weighted by molar-refractivity contribution is 6.33. The summed E-state index contributed by atoms with van der Waals surface area (Å²) in [6.45, 7) is 1.66. The van der Waals surface area contributed by atoms with Crippen LogP contribution in [0, 0.1) is 5.92 Å². The zero-order chi connectivity index (χ0) is 13.8. The molecule has 102 valence electrons. The first-order chi connectivity index (χ1) is 9.08. The van der Waals surface area contributed by atoms with Crippen molar-refractivity contribution in [1.29, 1.82) is 0 Å². The molecule has 0 aliphatic carbocycles. The van der Waals surface area contributed by atoms with Crippen molar-refractivity contribution in [3.05, 3.63) is 28.8 Å². The van der Waals surface area contributed by atoms with Crippen molar-refractivity contribution < 1.29 is 14.7 Å².